The molecule has 9 nitrogen and oxygen atoms in total. The molecule has 2 N–H and O–H groups in total. The van der Waals surface area contributed by atoms with Gasteiger partial charge in [0.05, 0.1) is 6.20 Å². The van der Waals surface area contributed by atoms with Crippen LogP contribution in [0.4, 0.5) is 5.82 Å². The number of fused-ring (bicyclic) bond motifs is 1. The number of benzene rings is 1. The molecule has 23 heavy (non-hydrogen) atoms. The van der Waals surface area contributed by atoms with E-state index < -0.39 is 0 Å². The van der Waals surface area contributed by atoms with E-state index >= 15 is 0 Å². The molecule has 2 amide bonds. The van der Waals surface area contributed by atoms with Crippen LogP contribution in [0.3, 0.4) is 0 Å². The standard InChI is InChI=1S/C14H15N5O4/c1-9(20)17-13-6-16-19(18-13)7-14(21)15-5-10-2-3-11-12(4-10)23-8-22-11/h2-4,6H,5,7-8H2,1H3,(H,15,21)(H,17,18,20). The Morgan fingerprint density at radius 3 is 2.96 bits per heavy atom. The summed E-state index contributed by atoms with van der Waals surface area (Å²) in [5, 5.41) is 13.1. The highest BCUT2D eigenvalue weighted by atomic mass is 16.7. The molecule has 1 aromatic heterocycles. The van der Waals surface area contributed by atoms with Gasteiger partial charge in [-0.1, -0.05) is 6.07 Å². The van der Waals surface area contributed by atoms with E-state index in [1.165, 1.54) is 17.9 Å². The average molecular weight is 317 g/mol. The maximum atomic E-state index is 11.9. The quantitative estimate of drug-likeness (QED) is 0.820. The number of rotatable bonds is 5. The van der Waals surface area contributed by atoms with Crippen LogP contribution in [0, 0.1) is 0 Å². The second kappa shape index (κ2) is 6.34. The molecule has 0 fully saturated rings. The van der Waals surface area contributed by atoms with Crippen molar-refractivity contribution in [3.63, 3.8) is 0 Å². The molecule has 3 rings (SSSR count). The molecule has 0 saturated carbocycles. The Balaban J connectivity index is 1.51. The summed E-state index contributed by atoms with van der Waals surface area (Å²) in [7, 11) is 0. The van der Waals surface area contributed by atoms with Crippen LogP contribution in [0.2, 0.25) is 0 Å². The first-order chi connectivity index (χ1) is 11.1. The first kappa shape index (κ1) is 14.8. The Labute approximate surface area is 131 Å². The van der Waals surface area contributed by atoms with Crippen LogP contribution in [0.1, 0.15) is 12.5 Å². The molecule has 1 aliphatic rings. The van der Waals surface area contributed by atoms with Crippen LogP contribution in [-0.2, 0) is 22.7 Å². The molecule has 2 heterocycles. The summed E-state index contributed by atoms with van der Waals surface area (Å²) in [5.41, 5.74) is 0.898. The molecule has 1 aliphatic heterocycles. The third kappa shape index (κ3) is 3.76. The largest absolute Gasteiger partial charge is 0.454 e. The lowest BCUT2D eigenvalue weighted by Crippen LogP contribution is -2.28. The van der Waals surface area contributed by atoms with Gasteiger partial charge in [0.2, 0.25) is 18.6 Å². The van der Waals surface area contributed by atoms with E-state index in [1.54, 1.807) is 6.07 Å². The van der Waals surface area contributed by atoms with Crippen molar-refractivity contribution >= 4 is 17.6 Å². The Morgan fingerprint density at radius 1 is 1.30 bits per heavy atom. The van der Waals surface area contributed by atoms with Crippen molar-refractivity contribution in [1.82, 2.24) is 20.3 Å². The van der Waals surface area contributed by atoms with E-state index in [-0.39, 0.29) is 25.2 Å². The number of hydrogen-bond donors (Lipinski definition) is 2. The fraction of sp³-hybridized carbons (Fsp3) is 0.286. The van der Waals surface area contributed by atoms with Crippen molar-refractivity contribution in [2.24, 2.45) is 0 Å². The Hall–Kier alpha value is -3.10. The lowest BCUT2D eigenvalue weighted by Gasteiger charge is -2.06. The van der Waals surface area contributed by atoms with Crippen molar-refractivity contribution in [1.29, 1.82) is 0 Å². The predicted octanol–water partition coefficient (Wildman–Crippen LogP) is 0.282. The highest BCUT2D eigenvalue weighted by Gasteiger charge is 2.13. The number of amides is 2. The number of ether oxygens (including phenoxy) is 2. The normalized spacial score (nSPS) is 12.0. The van der Waals surface area contributed by atoms with Gasteiger partial charge in [-0.05, 0) is 17.7 Å². The van der Waals surface area contributed by atoms with Gasteiger partial charge >= 0.3 is 0 Å². The molecule has 0 aliphatic carbocycles. The summed E-state index contributed by atoms with van der Waals surface area (Å²) >= 11 is 0. The fourth-order valence-corrected chi connectivity index (χ4v) is 2.05. The first-order valence-electron chi connectivity index (χ1n) is 6.93. The zero-order valence-electron chi connectivity index (χ0n) is 12.4. The van der Waals surface area contributed by atoms with Crippen LogP contribution in [0.25, 0.3) is 0 Å². The third-order valence-electron chi connectivity index (χ3n) is 3.05. The molecular formula is C14H15N5O4. The maximum absolute atomic E-state index is 11.9. The molecule has 0 radical (unpaired) electrons. The minimum absolute atomic E-state index is 0.0376. The number of nitrogens with zero attached hydrogens (tertiary/aromatic N) is 3. The molecule has 120 valence electrons. The van der Waals surface area contributed by atoms with Gasteiger partial charge < -0.3 is 20.1 Å². The molecule has 2 aromatic rings. The van der Waals surface area contributed by atoms with Gasteiger partial charge in [-0.2, -0.15) is 9.90 Å². The van der Waals surface area contributed by atoms with E-state index in [0.29, 0.717) is 23.9 Å². The van der Waals surface area contributed by atoms with Crippen molar-refractivity contribution in [2.75, 3.05) is 12.1 Å². The van der Waals surface area contributed by atoms with Crippen molar-refractivity contribution in [3.05, 3.63) is 30.0 Å². The third-order valence-corrected chi connectivity index (χ3v) is 3.05. The van der Waals surface area contributed by atoms with Gasteiger partial charge in [-0.15, -0.1) is 5.10 Å². The number of hydrogen-bond acceptors (Lipinski definition) is 6. The molecule has 0 spiro atoms. The summed E-state index contributed by atoms with van der Waals surface area (Å²) < 4.78 is 10.5. The zero-order chi connectivity index (χ0) is 16.2. The Morgan fingerprint density at radius 2 is 2.13 bits per heavy atom. The topological polar surface area (TPSA) is 107 Å². The number of carbonyl (C=O) groups is 2. The SMILES string of the molecule is CC(=O)Nc1cnn(CC(=O)NCc2ccc3c(c2)OCO3)n1. The van der Waals surface area contributed by atoms with Gasteiger partial charge in [0.1, 0.15) is 6.54 Å². The van der Waals surface area contributed by atoms with Crippen molar-refractivity contribution in [3.8, 4) is 11.5 Å². The van der Waals surface area contributed by atoms with Crippen LogP contribution in [0.15, 0.2) is 24.4 Å². The Kier molecular flexibility index (Phi) is 4.09. The Bertz CT molecular complexity index is 743. The average Bonchev–Trinajstić information content (AvgIpc) is 3.13. The molecule has 0 bridgehead atoms. The van der Waals surface area contributed by atoms with Gasteiger partial charge in [-0.25, -0.2) is 0 Å². The second-order valence-corrected chi connectivity index (χ2v) is 4.91. The zero-order valence-corrected chi connectivity index (χ0v) is 12.4. The van der Waals surface area contributed by atoms with Crippen LogP contribution >= 0.6 is 0 Å². The fourth-order valence-electron chi connectivity index (χ4n) is 2.05. The van der Waals surface area contributed by atoms with E-state index in [0.717, 1.165) is 5.56 Å². The van der Waals surface area contributed by atoms with Crippen LogP contribution < -0.4 is 20.1 Å². The van der Waals surface area contributed by atoms with Crippen LogP contribution in [0.5, 0.6) is 11.5 Å². The van der Waals surface area contributed by atoms with Crippen molar-refractivity contribution in [2.45, 2.75) is 20.0 Å². The van der Waals surface area contributed by atoms with Gasteiger partial charge in [0.25, 0.3) is 0 Å². The predicted molar refractivity (Wildman–Crippen MR) is 78.7 cm³/mol. The van der Waals surface area contributed by atoms with Crippen molar-refractivity contribution < 1.29 is 19.1 Å². The smallest absolute Gasteiger partial charge is 0.243 e. The summed E-state index contributed by atoms with van der Waals surface area (Å²) in [6.45, 7) is 1.91. The summed E-state index contributed by atoms with van der Waals surface area (Å²) in [5.74, 6) is 1.19. The molecule has 0 saturated heterocycles. The number of carbonyl (C=O) groups excluding carboxylic acids is 2. The van der Waals surface area contributed by atoms with Crippen LogP contribution in [-0.4, -0.2) is 33.6 Å². The van der Waals surface area contributed by atoms with Gasteiger partial charge in [0, 0.05) is 13.5 Å². The molecular weight excluding hydrogens is 302 g/mol. The van der Waals surface area contributed by atoms with E-state index in [4.69, 9.17) is 9.47 Å². The van der Waals surface area contributed by atoms with E-state index in [9.17, 15) is 9.59 Å². The summed E-state index contributed by atoms with van der Waals surface area (Å²) in [6, 6.07) is 5.48. The molecule has 0 atom stereocenters. The van der Waals surface area contributed by atoms with Gasteiger partial charge in [-0.3, -0.25) is 9.59 Å². The number of anilines is 1. The number of aromatic nitrogens is 3. The van der Waals surface area contributed by atoms with E-state index in [2.05, 4.69) is 20.8 Å². The first-order valence-corrected chi connectivity index (χ1v) is 6.93. The highest BCUT2D eigenvalue weighted by Crippen LogP contribution is 2.32. The maximum Gasteiger partial charge on any atom is 0.243 e. The van der Waals surface area contributed by atoms with Gasteiger partial charge in [0.15, 0.2) is 17.3 Å². The minimum atomic E-state index is -0.246. The number of nitrogens with one attached hydrogen (secondary N) is 2. The lowest BCUT2D eigenvalue weighted by atomic mass is 10.2. The summed E-state index contributed by atoms with van der Waals surface area (Å²) in [6.07, 6.45) is 1.38. The molecule has 9 heteroatoms. The molecule has 0 unspecified atom stereocenters. The monoisotopic (exact) mass is 317 g/mol. The lowest BCUT2D eigenvalue weighted by molar-refractivity contribution is -0.122. The van der Waals surface area contributed by atoms with E-state index in [1.807, 2.05) is 12.1 Å². The minimum Gasteiger partial charge on any atom is -0.454 e. The second-order valence-electron chi connectivity index (χ2n) is 4.91. The molecule has 1 aromatic carbocycles. The highest BCUT2D eigenvalue weighted by molar-refractivity contribution is 5.87. The summed E-state index contributed by atoms with van der Waals surface area (Å²) in [4.78, 5) is 24.0.